The van der Waals surface area contributed by atoms with Crippen molar-refractivity contribution < 1.29 is 19.1 Å². The quantitative estimate of drug-likeness (QED) is 0.749. The number of hydrogen-bond acceptors (Lipinski definition) is 5. The van der Waals surface area contributed by atoms with Gasteiger partial charge in [0, 0.05) is 23.9 Å². The number of hydrogen-bond donors (Lipinski definition) is 1. The highest BCUT2D eigenvalue weighted by Crippen LogP contribution is 2.25. The van der Waals surface area contributed by atoms with Gasteiger partial charge in [0.05, 0.1) is 0 Å². The van der Waals surface area contributed by atoms with Crippen LogP contribution in [0, 0.1) is 5.92 Å². The lowest BCUT2D eigenvalue weighted by atomic mass is 9.96. The molecular formula is C18H26N2O4S. The van der Waals surface area contributed by atoms with Crippen LogP contribution in [-0.2, 0) is 27.2 Å². The van der Waals surface area contributed by atoms with Crippen molar-refractivity contribution in [3.63, 3.8) is 0 Å². The predicted octanol–water partition coefficient (Wildman–Crippen LogP) is 2.14. The van der Waals surface area contributed by atoms with Gasteiger partial charge in [0.15, 0.2) is 6.61 Å². The first-order valence-electron chi connectivity index (χ1n) is 8.82. The van der Waals surface area contributed by atoms with E-state index in [0.717, 1.165) is 19.3 Å². The number of likely N-dealkylation sites (tertiary alicyclic amines) is 1. The van der Waals surface area contributed by atoms with Crippen molar-refractivity contribution in [2.24, 2.45) is 11.7 Å². The molecule has 1 aliphatic heterocycles. The molecule has 0 aromatic carbocycles. The second-order valence-electron chi connectivity index (χ2n) is 6.30. The van der Waals surface area contributed by atoms with Crippen molar-refractivity contribution in [1.82, 2.24) is 4.90 Å². The van der Waals surface area contributed by atoms with Gasteiger partial charge in [-0.25, -0.2) is 4.79 Å². The molecular weight excluding hydrogens is 340 g/mol. The van der Waals surface area contributed by atoms with E-state index in [0.29, 0.717) is 30.8 Å². The highest BCUT2D eigenvalue weighted by molar-refractivity contribution is 7.14. The van der Waals surface area contributed by atoms with Crippen molar-refractivity contribution in [2.45, 2.75) is 46.0 Å². The number of esters is 1. The summed E-state index contributed by atoms with van der Waals surface area (Å²) in [4.78, 5) is 38.9. The van der Waals surface area contributed by atoms with Gasteiger partial charge in [-0.15, -0.1) is 11.3 Å². The molecule has 1 saturated heterocycles. The van der Waals surface area contributed by atoms with Gasteiger partial charge < -0.3 is 15.4 Å². The number of aryl methyl sites for hydroxylation is 2. The lowest BCUT2D eigenvalue weighted by Gasteiger charge is -2.30. The molecule has 2 N–H and O–H groups in total. The van der Waals surface area contributed by atoms with Crippen molar-refractivity contribution in [3.8, 4) is 0 Å². The van der Waals surface area contributed by atoms with E-state index in [1.165, 1.54) is 21.8 Å². The molecule has 2 rings (SSSR count). The molecule has 1 aromatic heterocycles. The molecule has 25 heavy (non-hydrogen) atoms. The largest absolute Gasteiger partial charge is 0.451 e. The van der Waals surface area contributed by atoms with Crippen LogP contribution in [0.1, 0.15) is 53.2 Å². The Hall–Kier alpha value is -1.89. The highest BCUT2D eigenvalue weighted by atomic mass is 32.1. The number of thiophene rings is 1. The van der Waals surface area contributed by atoms with Crippen molar-refractivity contribution >= 4 is 29.1 Å². The number of carbonyl (C=O) groups excluding carboxylic acids is 3. The van der Waals surface area contributed by atoms with Gasteiger partial charge in [0.2, 0.25) is 5.91 Å². The summed E-state index contributed by atoms with van der Waals surface area (Å²) in [6.45, 7) is 4.86. The second-order valence-corrected chi connectivity index (χ2v) is 7.43. The van der Waals surface area contributed by atoms with Crippen molar-refractivity contribution in [2.75, 3.05) is 19.7 Å². The Bertz CT molecular complexity index is 633. The summed E-state index contributed by atoms with van der Waals surface area (Å²) in [6, 6.07) is 1.88. The Morgan fingerprint density at radius 3 is 2.52 bits per heavy atom. The summed E-state index contributed by atoms with van der Waals surface area (Å²) in [5.41, 5.74) is 6.47. The standard InChI is InChI=1S/C18H26N2O4S/c1-3-5-14-12(4-2)10-15(25-14)18(23)24-11-16(21)20-8-6-13(7-9-20)17(19)22/h10,13H,3-9,11H2,1-2H3,(H2,19,22). The third-order valence-corrected chi connectivity index (χ3v) is 5.75. The van der Waals surface area contributed by atoms with Gasteiger partial charge in [0.1, 0.15) is 4.88 Å². The number of rotatable bonds is 7. The molecule has 2 heterocycles. The number of ether oxygens (including phenoxy) is 1. The Morgan fingerprint density at radius 1 is 1.28 bits per heavy atom. The molecule has 1 aromatic rings. The molecule has 0 bridgehead atoms. The molecule has 2 amide bonds. The summed E-state index contributed by atoms with van der Waals surface area (Å²) < 4.78 is 5.20. The van der Waals surface area contributed by atoms with Crippen LogP contribution in [0.2, 0.25) is 0 Å². The van der Waals surface area contributed by atoms with Gasteiger partial charge in [-0.1, -0.05) is 20.3 Å². The lowest BCUT2D eigenvalue weighted by Crippen LogP contribution is -2.43. The number of primary amides is 1. The first kappa shape index (κ1) is 19.4. The zero-order chi connectivity index (χ0) is 18.4. The zero-order valence-electron chi connectivity index (χ0n) is 14.9. The van der Waals surface area contributed by atoms with Crippen LogP contribution in [0.5, 0.6) is 0 Å². The van der Waals surface area contributed by atoms with Crippen molar-refractivity contribution in [1.29, 1.82) is 0 Å². The fraction of sp³-hybridized carbons (Fsp3) is 0.611. The van der Waals surface area contributed by atoms with Gasteiger partial charge >= 0.3 is 5.97 Å². The van der Waals surface area contributed by atoms with E-state index in [1.54, 1.807) is 4.90 Å². The van der Waals surface area contributed by atoms with Gasteiger partial charge in [-0.05, 0) is 37.3 Å². The fourth-order valence-electron chi connectivity index (χ4n) is 3.01. The van der Waals surface area contributed by atoms with E-state index in [9.17, 15) is 14.4 Å². The van der Waals surface area contributed by atoms with Crippen LogP contribution in [-0.4, -0.2) is 42.4 Å². The van der Waals surface area contributed by atoms with Gasteiger partial charge in [0.25, 0.3) is 5.91 Å². The van der Waals surface area contributed by atoms with E-state index in [2.05, 4.69) is 13.8 Å². The van der Waals surface area contributed by atoms with Crippen molar-refractivity contribution in [3.05, 3.63) is 21.4 Å². The number of amides is 2. The Balaban J connectivity index is 1.85. The zero-order valence-corrected chi connectivity index (χ0v) is 15.7. The third-order valence-electron chi connectivity index (χ3n) is 4.53. The number of carbonyl (C=O) groups is 3. The van der Waals surface area contributed by atoms with Crippen LogP contribution in [0.15, 0.2) is 6.07 Å². The summed E-state index contributed by atoms with van der Waals surface area (Å²) in [5, 5.41) is 0. The Kier molecular flexibility index (Phi) is 6.99. The summed E-state index contributed by atoms with van der Waals surface area (Å²) in [7, 11) is 0. The average molecular weight is 366 g/mol. The third kappa shape index (κ3) is 5.04. The van der Waals surface area contributed by atoms with E-state index in [4.69, 9.17) is 10.5 Å². The maximum atomic E-state index is 12.2. The molecule has 138 valence electrons. The summed E-state index contributed by atoms with van der Waals surface area (Å²) in [6.07, 6.45) is 4.00. The molecule has 0 saturated carbocycles. The normalized spacial score (nSPS) is 15.2. The molecule has 1 aliphatic rings. The van der Waals surface area contributed by atoms with Gasteiger partial charge in [-0.2, -0.15) is 0 Å². The van der Waals surface area contributed by atoms with Crippen LogP contribution in [0.3, 0.4) is 0 Å². The van der Waals surface area contributed by atoms with Crippen LogP contribution < -0.4 is 5.73 Å². The topological polar surface area (TPSA) is 89.7 Å². The van der Waals surface area contributed by atoms with Gasteiger partial charge in [-0.3, -0.25) is 9.59 Å². The first-order valence-corrected chi connectivity index (χ1v) is 9.63. The lowest BCUT2D eigenvalue weighted by molar-refractivity contribution is -0.137. The second kappa shape index (κ2) is 8.99. The minimum Gasteiger partial charge on any atom is -0.451 e. The first-order chi connectivity index (χ1) is 12.0. The highest BCUT2D eigenvalue weighted by Gasteiger charge is 2.26. The Labute approximate surface area is 152 Å². The molecule has 1 fully saturated rings. The minimum absolute atomic E-state index is 0.165. The number of piperidine rings is 1. The average Bonchev–Trinajstić information content (AvgIpc) is 3.03. The molecule has 0 atom stereocenters. The summed E-state index contributed by atoms with van der Waals surface area (Å²) in [5.74, 6) is -1.15. The maximum absolute atomic E-state index is 12.2. The fourth-order valence-corrected chi connectivity index (χ4v) is 4.26. The summed E-state index contributed by atoms with van der Waals surface area (Å²) >= 11 is 1.46. The van der Waals surface area contributed by atoms with Crippen LogP contribution >= 0.6 is 11.3 Å². The Morgan fingerprint density at radius 2 is 1.96 bits per heavy atom. The monoisotopic (exact) mass is 366 g/mol. The van der Waals surface area contributed by atoms with E-state index < -0.39 is 5.97 Å². The van der Waals surface area contributed by atoms with E-state index in [-0.39, 0.29) is 24.3 Å². The minimum atomic E-state index is -0.442. The molecule has 0 spiro atoms. The predicted molar refractivity (Wildman–Crippen MR) is 96.5 cm³/mol. The van der Waals surface area contributed by atoms with Crippen LogP contribution in [0.4, 0.5) is 0 Å². The SMILES string of the molecule is CCCc1sc(C(=O)OCC(=O)N2CCC(C(N)=O)CC2)cc1CC. The smallest absolute Gasteiger partial charge is 0.348 e. The molecule has 7 heteroatoms. The van der Waals surface area contributed by atoms with E-state index in [1.807, 2.05) is 6.07 Å². The maximum Gasteiger partial charge on any atom is 0.348 e. The molecule has 0 radical (unpaired) electrons. The van der Waals surface area contributed by atoms with Crippen LogP contribution in [0.25, 0.3) is 0 Å². The molecule has 0 aliphatic carbocycles. The number of nitrogens with zero attached hydrogens (tertiary/aromatic N) is 1. The molecule has 0 unspecified atom stereocenters. The molecule has 6 nitrogen and oxygen atoms in total. The number of nitrogens with two attached hydrogens (primary N) is 1. The van der Waals surface area contributed by atoms with E-state index >= 15 is 0 Å².